The number of anilines is 1. The van der Waals surface area contributed by atoms with E-state index < -0.39 is 5.97 Å². The number of benzene rings is 1. The molecule has 0 saturated heterocycles. The first-order valence-electron chi connectivity index (χ1n) is 4.60. The Morgan fingerprint density at radius 2 is 2.12 bits per heavy atom. The lowest BCUT2D eigenvalue weighted by Crippen LogP contribution is -2.12. The summed E-state index contributed by atoms with van der Waals surface area (Å²) in [6, 6.07) is 9.37. The molecule has 0 spiro atoms. The SMILES string of the molecule is O=C(O)CNc1nc(-c2ccccc2)no1. The molecule has 16 heavy (non-hydrogen) atoms. The standard InChI is InChI=1S/C10H9N3O3/c14-8(15)6-11-10-12-9(13-16-10)7-4-2-1-3-5-7/h1-5H,6H2,(H,14,15)(H,11,12,13). The highest BCUT2D eigenvalue weighted by Gasteiger charge is 2.08. The minimum atomic E-state index is -0.987. The minimum absolute atomic E-state index is 0.0984. The Bertz CT molecular complexity index is 481. The number of nitrogens with zero attached hydrogens (tertiary/aromatic N) is 2. The first-order chi connectivity index (χ1) is 7.75. The number of aromatic nitrogens is 2. The van der Waals surface area contributed by atoms with Gasteiger partial charge in [-0.1, -0.05) is 35.5 Å². The highest BCUT2D eigenvalue weighted by Crippen LogP contribution is 2.16. The van der Waals surface area contributed by atoms with Crippen LogP contribution in [-0.4, -0.2) is 27.8 Å². The maximum atomic E-state index is 10.3. The lowest BCUT2D eigenvalue weighted by molar-refractivity contribution is -0.134. The summed E-state index contributed by atoms with van der Waals surface area (Å²) in [5.41, 5.74) is 0.814. The second-order valence-corrected chi connectivity index (χ2v) is 3.04. The number of nitrogens with one attached hydrogen (secondary N) is 1. The minimum Gasteiger partial charge on any atom is -0.480 e. The first kappa shape index (κ1) is 10.2. The average Bonchev–Trinajstić information content (AvgIpc) is 2.76. The molecule has 0 unspecified atom stereocenters. The van der Waals surface area contributed by atoms with E-state index in [1.165, 1.54) is 0 Å². The lowest BCUT2D eigenvalue weighted by Gasteiger charge is -1.93. The van der Waals surface area contributed by atoms with Crippen molar-refractivity contribution in [3.05, 3.63) is 30.3 Å². The van der Waals surface area contributed by atoms with Crippen LogP contribution in [0, 0.1) is 0 Å². The van der Waals surface area contributed by atoms with Crippen molar-refractivity contribution in [2.75, 3.05) is 11.9 Å². The van der Waals surface area contributed by atoms with E-state index in [2.05, 4.69) is 15.5 Å². The smallest absolute Gasteiger partial charge is 0.323 e. The zero-order chi connectivity index (χ0) is 11.4. The number of carboxylic acids is 1. The van der Waals surface area contributed by atoms with Gasteiger partial charge in [-0.15, -0.1) is 0 Å². The van der Waals surface area contributed by atoms with Gasteiger partial charge in [0.1, 0.15) is 6.54 Å². The van der Waals surface area contributed by atoms with E-state index in [0.29, 0.717) is 5.82 Å². The second kappa shape index (κ2) is 4.43. The van der Waals surface area contributed by atoms with Gasteiger partial charge in [0.15, 0.2) is 0 Å². The van der Waals surface area contributed by atoms with Gasteiger partial charge in [0.05, 0.1) is 0 Å². The van der Waals surface area contributed by atoms with E-state index in [9.17, 15) is 4.79 Å². The molecule has 1 aromatic carbocycles. The summed E-state index contributed by atoms with van der Waals surface area (Å²) in [7, 11) is 0. The fourth-order valence-electron chi connectivity index (χ4n) is 1.15. The third-order valence-corrected chi connectivity index (χ3v) is 1.85. The lowest BCUT2D eigenvalue weighted by atomic mass is 10.2. The molecular formula is C10H9N3O3. The van der Waals surface area contributed by atoms with Crippen LogP contribution in [-0.2, 0) is 4.79 Å². The van der Waals surface area contributed by atoms with Crippen LogP contribution in [0.1, 0.15) is 0 Å². The monoisotopic (exact) mass is 219 g/mol. The van der Waals surface area contributed by atoms with Crippen molar-refractivity contribution < 1.29 is 14.4 Å². The Labute approximate surface area is 90.9 Å². The fourth-order valence-corrected chi connectivity index (χ4v) is 1.15. The van der Waals surface area contributed by atoms with Crippen LogP contribution in [0.4, 0.5) is 6.01 Å². The molecule has 2 N–H and O–H groups in total. The van der Waals surface area contributed by atoms with Crippen LogP contribution in [0.3, 0.4) is 0 Å². The Kier molecular flexibility index (Phi) is 2.81. The van der Waals surface area contributed by atoms with Gasteiger partial charge in [-0.05, 0) is 0 Å². The van der Waals surface area contributed by atoms with Crippen LogP contribution in [0.15, 0.2) is 34.9 Å². The Hall–Kier alpha value is -2.37. The highest BCUT2D eigenvalue weighted by molar-refractivity contribution is 5.71. The second-order valence-electron chi connectivity index (χ2n) is 3.04. The molecule has 6 heteroatoms. The van der Waals surface area contributed by atoms with E-state index in [1.54, 1.807) is 0 Å². The molecule has 0 aliphatic carbocycles. The van der Waals surface area contributed by atoms with Gasteiger partial charge in [0.25, 0.3) is 0 Å². The number of aliphatic carboxylic acids is 1. The quantitative estimate of drug-likeness (QED) is 0.804. The predicted octanol–water partition coefficient (Wildman–Crippen LogP) is 1.23. The van der Waals surface area contributed by atoms with Crippen molar-refractivity contribution in [3.8, 4) is 11.4 Å². The molecule has 0 fully saturated rings. The first-order valence-corrected chi connectivity index (χ1v) is 4.60. The molecule has 1 aromatic heterocycles. The van der Waals surface area contributed by atoms with Crippen LogP contribution >= 0.6 is 0 Å². The number of carbonyl (C=O) groups is 1. The van der Waals surface area contributed by atoms with Gasteiger partial charge in [-0.25, -0.2) is 0 Å². The number of hydrogen-bond acceptors (Lipinski definition) is 5. The molecule has 0 bridgehead atoms. The van der Waals surface area contributed by atoms with Gasteiger partial charge in [0.2, 0.25) is 5.82 Å². The molecule has 0 aliphatic rings. The summed E-state index contributed by atoms with van der Waals surface area (Å²) in [5.74, 6) is -0.562. The Balaban J connectivity index is 2.11. The van der Waals surface area contributed by atoms with Crippen molar-refractivity contribution in [1.82, 2.24) is 10.1 Å². The molecule has 2 rings (SSSR count). The van der Waals surface area contributed by atoms with Gasteiger partial charge < -0.3 is 14.9 Å². The van der Waals surface area contributed by atoms with Crippen LogP contribution < -0.4 is 5.32 Å². The third-order valence-electron chi connectivity index (χ3n) is 1.85. The summed E-state index contributed by atoms with van der Waals surface area (Å²) in [6.07, 6.45) is 0. The van der Waals surface area contributed by atoms with E-state index in [0.717, 1.165) is 5.56 Å². The summed E-state index contributed by atoms with van der Waals surface area (Å²) in [6.45, 7) is -0.254. The fraction of sp³-hybridized carbons (Fsp3) is 0.100. The molecule has 0 aliphatic heterocycles. The van der Waals surface area contributed by atoms with E-state index in [1.807, 2.05) is 30.3 Å². The van der Waals surface area contributed by atoms with Crippen molar-refractivity contribution in [1.29, 1.82) is 0 Å². The number of hydrogen-bond donors (Lipinski definition) is 2. The normalized spacial score (nSPS) is 10.0. The molecule has 0 atom stereocenters. The summed E-state index contributed by atoms with van der Waals surface area (Å²) in [4.78, 5) is 14.3. The summed E-state index contributed by atoms with van der Waals surface area (Å²) >= 11 is 0. The third kappa shape index (κ3) is 2.35. The van der Waals surface area contributed by atoms with Crippen LogP contribution in [0.25, 0.3) is 11.4 Å². The summed E-state index contributed by atoms with van der Waals surface area (Å²) < 4.78 is 4.83. The van der Waals surface area contributed by atoms with Crippen molar-refractivity contribution >= 4 is 12.0 Å². The van der Waals surface area contributed by atoms with Crippen molar-refractivity contribution in [2.45, 2.75) is 0 Å². The molecule has 0 amide bonds. The molecule has 0 saturated carbocycles. The largest absolute Gasteiger partial charge is 0.480 e. The van der Waals surface area contributed by atoms with Crippen molar-refractivity contribution in [3.63, 3.8) is 0 Å². The van der Waals surface area contributed by atoms with E-state index in [-0.39, 0.29) is 12.6 Å². The van der Waals surface area contributed by atoms with Gasteiger partial charge in [0, 0.05) is 5.56 Å². The van der Waals surface area contributed by atoms with Gasteiger partial charge >= 0.3 is 12.0 Å². The van der Waals surface area contributed by atoms with Crippen molar-refractivity contribution in [2.24, 2.45) is 0 Å². The maximum Gasteiger partial charge on any atom is 0.323 e. The number of rotatable bonds is 4. The van der Waals surface area contributed by atoms with Gasteiger partial charge in [-0.3, -0.25) is 4.79 Å². The van der Waals surface area contributed by atoms with E-state index in [4.69, 9.17) is 9.63 Å². The summed E-state index contributed by atoms with van der Waals surface area (Å²) in [5, 5.41) is 14.7. The molecule has 2 aromatic rings. The van der Waals surface area contributed by atoms with E-state index >= 15 is 0 Å². The Morgan fingerprint density at radius 3 is 2.81 bits per heavy atom. The van der Waals surface area contributed by atoms with Gasteiger partial charge in [-0.2, -0.15) is 4.98 Å². The maximum absolute atomic E-state index is 10.3. The topological polar surface area (TPSA) is 88.2 Å². The molecule has 6 nitrogen and oxygen atoms in total. The Morgan fingerprint density at radius 1 is 1.38 bits per heavy atom. The van der Waals surface area contributed by atoms with Crippen LogP contribution in [0.2, 0.25) is 0 Å². The van der Waals surface area contributed by atoms with Crippen LogP contribution in [0.5, 0.6) is 0 Å². The number of carboxylic acid groups (broad SMARTS) is 1. The molecule has 82 valence electrons. The molecular weight excluding hydrogens is 210 g/mol. The zero-order valence-corrected chi connectivity index (χ0v) is 8.25. The molecule has 0 radical (unpaired) electrons. The zero-order valence-electron chi connectivity index (χ0n) is 8.25. The molecule has 1 heterocycles. The average molecular weight is 219 g/mol. The highest BCUT2D eigenvalue weighted by atomic mass is 16.5. The predicted molar refractivity (Wildman–Crippen MR) is 55.9 cm³/mol.